The Morgan fingerprint density at radius 2 is 1.86 bits per heavy atom. The molecule has 0 aliphatic rings. The number of benzene rings is 2. The third-order valence-electron chi connectivity index (χ3n) is 4.03. The number of esters is 1. The summed E-state index contributed by atoms with van der Waals surface area (Å²) < 4.78 is 12.0. The first-order valence-corrected chi connectivity index (χ1v) is 9.12. The Hall–Kier alpha value is -3.75. The molecule has 2 aromatic carbocycles. The molecule has 0 unspecified atom stereocenters. The Morgan fingerprint density at radius 1 is 1.10 bits per heavy atom. The summed E-state index contributed by atoms with van der Waals surface area (Å²) in [4.78, 5) is 24.9. The molecule has 0 saturated heterocycles. The Labute approximate surface area is 167 Å². The molecule has 3 rings (SSSR count). The van der Waals surface area contributed by atoms with Crippen molar-refractivity contribution in [1.82, 2.24) is 20.2 Å². The molecule has 1 atom stereocenters. The van der Waals surface area contributed by atoms with E-state index >= 15 is 0 Å². The molecule has 0 radical (unpaired) electrons. The number of tetrazole rings is 1. The van der Waals surface area contributed by atoms with Gasteiger partial charge >= 0.3 is 5.97 Å². The average Bonchev–Trinajstić information content (AvgIpc) is 3.27. The maximum Gasteiger partial charge on any atom is 0.331 e. The Morgan fingerprint density at radius 3 is 2.59 bits per heavy atom. The summed E-state index contributed by atoms with van der Waals surface area (Å²) in [5.74, 6) is -0.527. The van der Waals surface area contributed by atoms with Crippen molar-refractivity contribution >= 4 is 17.6 Å². The van der Waals surface area contributed by atoms with E-state index in [0.29, 0.717) is 24.5 Å². The number of ether oxygens (including phenoxy) is 2. The van der Waals surface area contributed by atoms with Crippen molar-refractivity contribution in [2.45, 2.75) is 19.4 Å². The number of nitrogens with zero attached hydrogens (tertiary/aromatic N) is 4. The lowest BCUT2D eigenvalue weighted by Gasteiger charge is -2.16. The fourth-order valence-corrected chi connectivity index (χ4v) is 2.70. The molecule has 29 heavy (non-hydrogen) atoms. The molecule has 1 amide bonds. The molecule has 3 aromatic rings. The third kappa shape index (κ3) is 5.61. The highest BCUT2D eigenvalue weighted by molar-refractivity contribution is 5.94. The van der Waals surface area contributed by atoms with Gasteiger partial charge in [0, 0.05) is 6.42 Å². The fourth-order valence-electron chi connectivity index (χ4n) is 2.70. The predicted octanol–water partition coefficient (Wildman–Crippen LogP) is 2.04. The number of hydrogen-bond donors (Lipinski definition) is 1. The van der Waals surface area contributed by atoms with Gasteiger partial charge in [-0.2, -0.15) is 0 Å². The van der Waals surface area contributed by atoms with Crippen molar-refractivity contribution in [3.05, 3.63) is 66.5 Å². The first-order valence-electron chi connectivity index (χ1n) is 9.12. The minimum Gasteiger partial charge on any atom is -0.492 e. The van der Waals surface area contributed by atoms with E-state index in [9.17, 15) is 9.59 Å². The van der Waals surface area contributed by atoms with E-state index in [1.165, 1.54) is 11.0 Å². The lowest BCUT2D eigenvalue weighted by atomic mass is 10.1. The molecule has 0 aliphatic heterocycles. The van der Waals surface area contributed by atoms with Crippen LogP contribution < -0.4 is 10.1 Å². The molecule has 9 nitrogen and oxygen atoms in total. The summed E-state index contributed by atoms with van der Waals surface area (Å²) in [6.07, 6.45) is 1.67. The van der Waals surface area contributed by atoms with Crippen molar-refractivity contribution in [2.75, 3.05) is 18.5 Å². The van der Waals surface area contributed by atoms with Crippen LogP contribution in [0.25, 0.3) is 0 Å². The predicted molar refractivity (Wildman–Crippen MR) is 104 cm³/mol. The van der Waals surface area contributed by atoms with Crippen molar-refractivity contribution in [3.63, 3.8) is 0 Å². The normalized spacial score (nSPS) is 11.5. The summed E-state index contributed by atoms with van der Waals surface area (Å²) >= 11 is 0. The summed E-state index contributed by atoms with van der Waals surface area (Å²) in [6.45, 7) is 1.88. The van der Waals surface area contributed by atoms with Crippen LogP contribution in [0.4, 0.5) is 5.69 Å². The van der Waals surface area contributed by atoms with Crippen LogP contribution in [0.3, 0.4) is 0 Å². The molecular weight excluding hydrogens is 374 g/mol. The molecular formula is C20H21N5O4. The zero-order chi connectivity index (χ0) is 20.5. The van der Waals surface area contributed by atoms with Crippen molar-refractivity contribution < 1.29 is 19.1 Å². The summed E-state index contributed by atoms with van der Waals surface area (Å²) in [6, 6.07) is 15.7. The van der Waals surface area contributed by atoms with Gasteiger partial charge in [0.2, 0.25) is 0 Å². The van der Waals surface area contributed by atoms with Crippen molar-refractivity contribution in [1.29, 1.82) is 0 Å². The van der Waals surface area contributed by atoms with Crippen LogP contribution in [0.5, 0.6) is 5.75 Å². The molecule has 0 saturated carbocycles. The van der Waals surface area contributed by atoms with Gasteiger partial charge in [-0.1, -0.05) is 42.5 Å². The highest BCUT2D eigenvalue weighted by Crippen LogP contribution is 2.23. The molecule has 0 bridgehead atoms. The zero-order valence-electron chi connectivity index (χ0n) is 15.9. The molecule has 1 aromatic heterocycles. The molecule has 0 spiro atoms. The van der Waals surface area contributed by atoms with Crippen LogP contribution in [0, 0.1) is 0 Å². The highest BCUT2D eigenvalue weighted by atomic mass is 16.5. The van der Waals surface area contributed by atoms with Crippen LogP contribution in [-0.2, 0) is 20.7 Å². The molecule has 0 fully saturated rings. The monoisotopic (exact) mass is 395 g/mol. The number of carbonyl (C=O) groups excluding carboxylic acids is 2. The van der Waals surface area contributed by atoms with Gasteiger partial charge in [0.1, 0.15) is 12.1 Å². The Balaban J connectivity index is 1.62. The zero-order valence-corrected chi connectivity index (χ0v) is 15.9. The van der Waals surface area contributed by atoms with Crippen LogP contribution in [0.15, 0.2) is 60.9 Å². The van der Waals surface area contributed by atoms with Gasteiger partial charge in [-0.15, -0.1) is 5.10 Å². The van der Waals surface area contributed by atoms with Gasteiger partial charge in [0.15, 0.2) is 12.6 Å². The first-order chi connectivity index (χ1) is 14.2. The summed E-state index contributed by atoms with van der Waals surface area (Å²) in [7, 11) is 0. The van der Waals surface area contributed by atoms with E-state index < -0.39 is 24.5 Å². The number of anilines is 1. The minimum atomic E-state index is -0.782. The van der Waals surface area contributed by atoms with Crippen molar-refractivity contribution in [3.8, 4) is 5.75 Å². The fraction of sp³-hybridized carbons (Fsp3) is 0.250. The second-order valence-corrected chi connectivity index (χ2v) is 6.08. The van der Waals surface area contributed by atoms with E-state index in [1.54, 1.807) is 24.3 Å². The van der Waals surface area contributed by atoms with E-state index in [2.05, 4.69) is 20.8 Å². The SMILES string of the molecule is CCOc1ccccc1NC(=O)COC(=O)[C@@H](Cc1ccccc1)n1cnnn1. The lowest BCUT2D eigenvalue weighted by Crippen LogP contribution is -2.28. The third-order valence-corrected chi connectivity index (χ3v) is 4.03. The van der Waals surface area contributed by atoms with E-state index in [1.807, 2.05) is 37.3 Å². The van der Waals surface area contributed by atoms with Crippen LogP contribution in [0.2, 0.25) is 0 Å². The molecule has 150 valence electrons. The Kier molecular flexibility index (Phi) is 6.88. The average molecular weight is 395 g/mol. The lowest BCUT2D eigenvalue weighted by molar-refractivity contribution is -0.151. The smallest absolute Gasteiger partial charge is 0.331 e. The Bertz CT molecular complexity index is 931. The van der Waals surface area contributed by atoms with Crippen LogP contribution in [0.1, 0.15) is 18.5 Å². The van der Waals surface area contributed by atoms with Crippen LogP contribution in [-0.4, -0.2) is 45.3 Å². The second kappa shape index (κ2) is 9.98. The molecule has 9 heteroatoms. The minimum absolute atomic E-state index is 0.333. The van der Waals surface area contributed by atoms with Gasteiger partial charge in [-0.25, -0.2) is 9.48 Å². The standard InChI is InChI=1S/C20H21N5O4/c1-2-28-18-11-7-6-10-16(18)22-19(26)13-29-20(27)17(25-14-21-23-24-25)12-15-8-4-3-5-9-15/h3-11,14,17H,2,12-13H2,1H3,(H,22,26)/t17-/m1/s1. The number of para-hydroxylation sites is 2. The maximum atomic E-state index is 12.6. The largest absolute Gasteiger partial charge is 0.492 e. The number of aromatic nitrogens is 4. The summed E-state index contributed by atoms with van der Waals surface area (Å²) in [5.41, 5.74) is 1.43. The number of hydrogen-bond acceptors (Lipinski definition) is 7. The number of carbonyl (C=O) groups is 2. The van der Waals surface area contributed by atoms with E-state index in [4.69, 9.17) is 9.47 Å². The topological polar surface area (TPSA) is 108 Å². The van der Waals surface area contributed by atoms with Crippen molar-refractivity contribution in [2.24, 2.45) is 0 Å². The second-order valence-electron chi connectivity index (χ2n) is 6.08. The maximum absolute atomic E-state index is 12.6. The molecule has 1 heterocycles. The van der Waals surface area contributed by atoms with Gasteiger partial charge in [0.25, 0.3) is 5.91 Å². The van der Waals surface area contributed by atoms with Crippen LogP contribution >= 0.6 is 0 Å². The van der Waals surface area contributed by atoms with E-state index in [0.717, 1.165) is 5.56 Å². The number of nitrogens with one attached hydrogen (secondary N) is 1. The molecule has 0 aliphatic carbocycles. The quantitative estimate of drug-likeness (QED) is 0.552. The first kappa shape index (κ1) is 20.0. The number of rotatable bonds is 9. The van der Waals surface area contributed by atoms with Gasteiger partial charge in [-0.05, 0) is 35.0 Å². The van der Waals surface area contributed by atoms with E-state index in [-0.39, 0.29) is 0 Å². The number of amides is 1. The van der Waals surface area contributed by atoms with Gasteiger partial charge < -0.3 is 14.8 Å². The van der Waals surface area contributed by atoms with Gasteiger partial charge in [0.05, 0.1) is 12.3 Å². The highest BCUT2D eigenvalue weighted by Gasteiger charge is 2.25. The summed E-state index contributed by atoms with van der Waals surface area (Å²) in [5, 5.41) is 13.6. The van der Waals surface area contributed by atoms with Gasteiger partial charge in [-0.3, -0.25) is 4.79 Å². The molecule has 1 N–H and O–H groups in total.